The minimum atomic E-state index is 0.268. The highest BCUT2D eigenvalue weighted by molar-refractivity contribution is 5.57. The summed E-state index contributed by atoms with van der Waals surface area (Å²) in [5.74, 6) is 3.77. The van der Waals surface area contributed by atoms with Crippen LogP contribution < -0.4 is 14.2 Å². The molecule has 0 unspecified atom stereocenters. The van der Waals surface area contributed by atoms with Gasteiger partial charge >= 0.3 is 0 Å². The molecule has 0 spiro atoms. The van der Waals surface area contributed by atoms with Crippen LogP contribution in [0.5, 0.6) is 17.2 Å². The van der Waals surface area contributed by atoms with Crippen LogP contribution in [0, 0.1) is 0 Å². The number of aromatic nitrogens is 4. The van der Waals surface area contributed by atoms with Crippen LogP contribution in [-0.4, -0.2) is 58.4 Å². The first-order valence-corrected chi connectivity index (χ1v) is 10.6. The summed E-state index contributed by atoms with van der Waals surface area (Å²) in [5, 5.41) is 4.12. The molecular weight excluding hydrogens is 398 g/mol. The van der Waals surface area contributed by atoms with E-state index in [2.05, 4.69) is 25.0 Å². The zero-order valence-corrected chi connectivity index (χ0v) is 17.7. The number of fused-ring (bicyclic) bond motifs is 1. The van der Waals surface area contributed by atoms with Crippen molar-refractivity contribution in [3.05, 3.63) is 41.8 Å². The number of rotatable bonds is 6. The monoisotopic (exact) mass is 423 g/mol. The van der Waals surface area contributed by atoms with Gasteiger partial charge in [0.2, 0.25) is 11.7 Å². The molecule has 1 saturated heterocycles. The van der Waals surface area contributed by atoms with E-state index >= 15 is 0 Å². The van der Waals surface area contributed by atoms with Gasteiger partial charge in [-0.2, -0.15) is 4.98 Å². The highest BCUT2D eigenvalue weighted by Gasteiger charge is 2.29. The Morgan fingerprint density at radius 3 is 2.81 bits per heavy atom. The lowest BCUT2D eigenvalue weighted by Crippen LogP contribution is -2.21. The summed E-state index contributed by atoms with van der Waals surface area (Å²) in [4.78, 5) is 15.6. The van der Waals surface area contributed by atoms with Gasteiger partial charge in [0.1, 0.15) is 25.3 Å². The van der Waals surface area contributed by atoms with E-state index in [-0.39, 0.29) is 5.92 Å². The lowest BCUT2D eigenvalue weighted by atomic mass is 10.00. The third-order valence-electron chi connectivity index (χ3n) is 5.75. The molecule has 0 bridgehead atoms. The van der Waals surface area contributed by atoms with E-state index in [0.29, 0.717) is 31.3 Å². The Hall–Kier alpha value is -3.20. The fraction of sp³-hybridized carbons (Fsp3) is 0.455. The summed E-state index contributed by atoms with van der Waals surface area (Å²) in [6.45, 7) is 5.71. The molecule has 0 amide bonds. The molecule has 162 valence electrons. The number of hydrogen-bond acceptors (Lipinski definition) is 9. The smallest absolute Gasteiger partial charge is 0.226 e. The molecule has 9 heteroatoms. The summed E-state index contributed by atoms with van der Waals surface area (Å²) < 4.78 is 22.3. The van der Waals surface area contributed by atoms with Crippen LogP contribution in [0.4, 0.5) is 0 Å². The van der Waals surface area contributed by atoms with Crippen LogP contribution in [0.3, 0.4) is 0 Å². The lowest BCUT2D eigenvalue weighted by molar-refractivity contribution is 0.170. The van der Waals surface area contributed by atoms with Gasteiger partial charge in [0.25, 0.3) is 0 Å². The van der Waals surface area contributed by atoms with Gasteiger partial charge in [0.15, 0.2) is 11.5 Å². The van der Waals surface area contributed by atoms with Crippen LogP contribution in [0.15, 0.2) is 29.2 Å². The maximum atomic E-state index is 5.76. The van der Waals surface area contributed by atoms with E-state index in [1.807, 2.05) is 19.1 Å². The van der Waals surface area contributed by atoms with Crippen molar-refractivity contribution in [1.82, 2.24) is 25.0 Å². The number of benzene rings is 1. The molecule has 0 radical (unpaired) electrons. The fourth-order valence-electron chi connectivity index (χ4n) is 4.21. The number of likely N-dealkylation sites (tertiary alicyclic amines) is 1. The number of methoxy groups -OCH3 is 1. The Balaban J connectivity index is 1.35. The molecule has 1 fully saturated rings. The van der Waals surface area contributed by atoms with Crippen molar-refractivity contribution in [2.24, 2.45) is 0 Å². The highest BCUT2D eigenvalue weighted by Crippen LogP contribution is 2.38. The van der Waals surface area contributed by atoms with E-state index < -0.39 is 0 Å². The first-order chi connectivity index (χ1) is 15.2. The molecule has 31 heavy (non-hydrogen) atoms. The second-order valence-corrected chi connectivity index (χ2v) is 7.72. The number of ether oxygens (including phenoxy) is 3. The number of aryl methyl sites for hydroxylation is 1. The molecule has 2 aromatic heterocycles. The third-order valence-corrected chi connectivity index (χ3v) is 5.75. The average Bonchev–Trinajstić information content (AvgIpc) is 3.48. The Morgan fingerprint density at radius 1 is 1.19 bits per heavy atom. The molecule has 9 nitrogen and oxygen atoms in total. The SMILES string of the molecule is CCc1nc(-c2cncnc2[C@@H]2CCN(Cc3cc4c(cc3OC)OCCO4)C2)no1. The van der Waals surface area contributed by atoms with Gasteiger partial charge < -0.3 is 18.7 Å². The van der Waals surface area contributed by atoms with Gasteiger partial charge in [-0.15, -0.1) is 0 Å². The van der Waals surface area contributed by atoms with Gasteiger partial charge in [-0.25, -0.2) is 9.97 Å². The van der Waals surface area contributed by atoms with E-state index in [9.17, 15) is 0 Å². The second kappa shape index (κ2) is 8.50. The zero-order chi connectivity index (χ0) is 21.2. The van der Waals surface area contributed by atoms with Crippen LogP contribution in [0.1, 0.15) is 36.4 Å². The molecule has 1 aromatic carbocycles. The summed E-state index contributed by atoms with van der Waals surface area (Å²) in [6, 6.07) is 3.95. The van der Waals surface area contributed by atoms with Crippen LogP contribution >= 0.6 is 0 Å². The maximum Gasteiger partial charge on any atom is 0.226 e. The molecule has 0 aliphatic carbocycles. The topological polar surface area (TPSA) is 95.6 Å². The Morgan fingerprint density at radius 2 is 2.03 bits per heavy atom. The first kappa shape index (κ1) is 19.7. The van der Waals surface area contributed by atoms with Gasteiger partial charge in [0.05, 0.1) is 18.4 Å². The standard InChI is InChI=1S/C22H25N5O4/c1-3-20-25-22(26-31-20)16-10-23-13-24-21(16)14-4-5-27(11-14)12-15-8-18-19(9-17(15)28-2)30-7-6-29-18/h8-10,13-14H,3-7,11-12H2,1-2H3/t14-/m1/s1. The first-order valence-electron chi connectivity index (χ1n) is 10.6. The summed E-state index contributed by atoms with van der Waals surface area (Å²) in [7, 11) is 1.68. The molecule has 1 atom stereocenters. The largest absolute Gasteiger partial charge is 0.496 e. The van der Waals surface area contributed by atoms with Gasteiger partial charge in [0, 0.05) is 43.3 Å². The second-order valence-electron chi connectivity index (χ2n) is 7.72. The van der Waals surface area contributed by atoms with Crippen molar-refractivity contribution < 1.29 is 18.7 Å². The van der Waals surface area contributed by atoms with Crippen LogP contribution in [0.25, 0.3) is 11.4 Å². The minimum absolute atomic E-state index is 0.268. The normalized spacial score (nSPS) is 18.3. The maximum absolute atomic E-state index is 5.76. The van der Waals surface area contributed by atoms with E-state index in [0.717, 1.165) is 60.1 Å². The molecule has 4 heterocycles. The molecule has 2 aliphatic heterocycles. The molecule has 3 aromatic rings. The molecule has 0 saturated carbocycles. The van der Waals surface area contributed by atoms with E-state index in [1.165, 1.54) is 0 Å². The Kier molecular flexibility index (Phi) is 5.42. The van der Waals surface area contributed by atoms with Crippen molar-refractivity contribution in [2.45, 2.75) is 32.2 Å². The molecular formula is C22H25N5O4. The van der Waals surface area contributed by atoms with Crippen molar-refractivity contribution in [2.75, 3.05) is 33.4 Å². The van der Waals surface area contributed by atoms with Crippen molar-refractivity contribution in [3.8, 4) is 28.6 Å². The zero-order valence-electron chi connectivity index (χ0n) is 17.7. The Labute approximate surface area is 180 Å². The van der Waals surface area contributed by atoms with Crippen molar-refractivity contribution >= 4 is 0 Å². The Bertz CT molecular complexity index is 1070. The molecule has 5 rings (SSSR count). The van der Waals surface area contributed by atoms with Crippen LogP contribution in [-0.2, 0) is 13.0 Å². The van der Waals surface area contributed by atoms with E-state index in [1.54, 1.807) is 19.6 Å². The van der Waals surface area contributed by atoms with Gasteiger partial charge in [-0.1, -0.05) is 12.1 Å². The lowest BCUT2D eigenvalue weighted by Gasteiger charge is -2.23. The summed E-state index contributed by atoms with van der Waals surface area (Å²) >= 11 is 0. The minimum Gasteiger partial charge on any atom is -0.496 e. The van der Waals surface area contributed by atoms with E-state index in [4.69, 9.17) is 18.7 Å². The van der Waals surface area contributed by atoms with Gasteiger partial charge in [-0.05, 0) is 19.0 Å². The quantitative estimate of drug-likeness (QED) is 0.593. The van der Waals surface area contributed by atoms with Gasteiger partial charge in [-0.3, -0.25) is 4.90 Å². The van der Waals surface area contributed by atoms with Crippen LogP contribution in [0.2, 0.25) is 0 Å². The number of hydrogen-bond donors (Lipinski definition) is 0. The average molecular weight is 423 g/mol. The third kappa shape index (κ3) is 3.93. The molecule has 2 aliphatic rings. The molecule has 0 N–H and O–H groups in total. The predicted octanol–water partition coefficient (Wildman–Crippen LogP) is 2.86. The van der Waals surface area contributed by atoms with Crippen molar-refractivity contribution in [1.29, 1.82) is 0 Å². The van der Waals surface area contributed by atoms with Crippen molar-refractivity contribution in [3.63, 3.8) is 0 Å². The highest BCUT2D eigenvalue weighted by atomic mass is 16.6. The number of nitrogens with zero attached hydrogens (tertiary/aromatic N) is 5. The summed E-state index contributed by atoms with van der Waals surface area (Å²) in [5.41, 5.74) is 2.89. The predicted molar refractivity (Wildman–Crippen MR) is 111 cm³/mol. The fourth-order valence-corrected chi connectivity index (χ4v) is 4.21. The summed E-state index contributed by atoms with van der Waals surface area (Å²) in [6.07, 6.45) is 5.06.